The first kappa shape index (κ1) is 20.8. The zero-order valence-corrected chi connectivity index (χ0v) is 17.7. The van der Waals surface area contributed by atoms with Crippen molar-refractivity contribution in [2.45, 2.75) is 25.3 Å². The topological polar surface area (TPSA) is 82.7 Å². The highest BCUT2D eigenvalue weighted by Crippen LogP contribution is 2.24. The minimum atomic E-state index is -0.236. The second kappa shape index (κ2) is 10.1. The van der Waals surface area contributed by atoms with Crippen molar-refractivity contribution in [2.24, 2.45) is 5.92 Å². The third-order valence-corrected chi connectivity index (χ3v) is 6.58. The van der Waals surface area contributed by atoms with Gasteiger partial charge < -0.3 is 20.7 Å². The molecule has 0 bridgehead atoms. The molecular weight excluding hydrogens is 400 g/mol. The van der Waals surface area contributed by atoms with Gasteiger partial charge in [0, 0.05) is 36.5 Å². The lowest BCUT2D eigenvalue weighted by molar-refractivity contribution is 0.103. The molecule has 160 valence electrons. The van der Waals surface area contributed by atoms with Crippen LogP contribution in [0.2, 0.25) is 0 Å². The number of carbonyl (C=O) groups excluding carboxylic acids is 2. The molecular formula is C22H28N4O3S. The first-order valence-corrected chi connectivity index (χ1v) is 11.4. The molecule has 2 aliphatic heterocycles. The van der Waals surface area contributed by atoms with Crippen LogP contribution in [0.5, 0.6) is 0 Å². The molecule has 0 radical (unpaired) electrons. The largest absolute Gasteiger partial charge is 0.381 e. The molecule has 1 aromatic heterocycles. The molecule has 3 N–H and O–H groups in total. The Kier molecular flexibility index (Phi) is 6.99. The van der Waals surface area contributed by atoms with E-state index in [9.17, 15) is 9.59 Å². The molecule has 2 aromatic rings. The Labute approximate surface area is 180 Å². The maximum Gasteiger partial charge on any atom is 0.319 e. The number of rotatable bonds is 7. The van der Waals surface area contributed by atoms with E-state index in [4.69, 9.17) is 4.74 Å². The number of carbonyl (C=O) groups is 2. The van der Waals surface area contributed by atoms with Crippen LogP contribution in [0.15, 0.2) is 41.8 Å². The third kappa shape index (κ3) is 5.38. The van der Waals surface area contributed by atoms with E-state index in [-0.39, 0.29) is 11.9 Å². The van der Waals surface area contributed by atoms with Gasteiger partial charge in [-0.2, -0.15) is 0 Å². The van der Waals surface area contributed by atoms with Crippen molar-refractivity contribution in [2.75, 3.05) is 43.5 Å². The first-order chi connectivity index (χ1) is 14.7. The van der Waals surface area contributed by atoms with Gasteiger partial charge in [-0.15, -0.1) is 11.3 Å². The summed E-state index contributed by atoms with van der Waals surface area (Å²) in [5, 5.41) is 10.6. The Morgan fingerprint density at radius 3 is 2.63 bits per heavy atom. The summed E-state index contributed by atoms with van der Waals surface area (Å²) < 4.78 is 5.58. The van der Waals surface area contributed by atoms with Crippen LogP contribution in [-0.4, -0.2) is 55.7 Å². The van der Waals surface area contributed by atoms with E-state index in [1.54, 1.807) is 18.2 Å². The van der Waals surface area contributed by atoms with Crippen molar-refractivity contribution in [3.63, 3.8) is 0 Å². The Hall–Kier alpha value is -2.42. The summed E-state index contributed by atoms with van der Waals surface area (Å²) in [7, 11) is 0. The highest BCUT2D eigenvalue weighted by Gasteiger charge is 2.32. The van der Waals surface area contributed by atoms with E-state index in [0.717, 1.165) is 32.7 Å². The minimum absolute atomic E-state index is 0.154. The number of likely N-dealkylation sites (tertiary alicyclic amines) is 1. The molecule has 4 rings (SSSR count). The molecule has 1 aromatic carbocycles. The van der Waals surface area contributed by atoms with Crippen molar-refractivity contribution in [1.82, 2.24) is 10.2 Å². The Morgan fingerprint density at radius 2 is 1.93 bits per heavy atom. The highest BCUT2D eigenvalue weighted by molar-refractivity contribution is 7.12. The lowest BCUT2D eigenvalue weighted by atomic mass is 9.97. The van der Waals surface area contributed by atoms with Gasteiger partial charge >= 0.3 is 6.03 Å². The summed E-state index contributed by atoms with van der Waals surface area (Å²) in [6.07, 6.45) is 3.50. The molecule has 0 aliphatic carbocycles. The Balaban J connectivity index is 1.31. The van der Waals surface area contributed by atoms with Gasteiger partial charge in [-0.3, -0.25) is 9.69 Å². The fourth-order valence-electron chi connectivity index (χ4n) is 4.17. The molecule has 0 saturated carbocycles. The fraction of sp³-hybridized carbons (Fsp3) is 0.455. The summed E-state index contributed by atoms with van der Waals surface area (Å²) in [6.45, 7) is 4.38. The van der Waals surface area contributed by atoms with Crippen molar-refractivity contribution in [1.29, 1.82) is 0 Å². The zero-order valence-electron chi connectivity index (χ0n) is 16.9. The summed E-state index contributed by atoms with van der Waals surface area (Å²) in [5.74, 6) is 0.318. The van der Waals surface area contributed by atoms with Crippen molar-refractivity contribution >= 4 is 34.6 Å². The monoisotopic (exact) mass is 428 g/mol. The van der Waals surface area contributed by atoms with Gasteiger partial charge in [-0.25, -0.2) is 4.79 Å². The van der Waals surface area contributed by atoms with Crippen LogP contribution in [0.4, 0.5) is 16.2 Å². The number of hydrogen-bond acceptors (Lipinski definition) is 5. The lowest BCUT2D eigenvalue weighted by Gasteiger charge is -2.31. The molecule has 8 heteroatoms. The fourth-order valence-corrected chi connectivity index (χ4v) is 4.79. The normalized spacial score (nSPS) is 20.1. The summed E-state index contributed by atoms with van der Waals surface area (Å²) >= 11 is 1.39. The van der Waals surface area contributed by atoms with Gasteiger partial charge in [0.2, 0.25) is 0 Å². The number of nitrogens with zero attached hydrogens (tertiary/aromatic N) is 1. The van der Waals surface area contributed by atoms with E-state index in [0.29, 0.717) is 34.8 Å². The van der Waals surface area contributed by atoms with E-state index >= 15 is 0 Å². The van der Waals surface area contributed by atoms with E-state index in [1.165, 1.54) is 24.2 Å². The van der Waals surface area contributed by atoms with Crippen molar-refractivity contribution < 1.29 is 14.3 Å². The second-order valence-corrected chi connectivity index (χ2v) is 8.73. The van der Waals surface area contributed by atoms with Gasteiger partial charge in [0.15, 0.2) is 0 Å². The number of ether oxygens (including phenoxy) is 1. The van der Waals surface area contributed by atoms with E-state index in [2.05, 4.69) is 20.9 Å². The number of thiophene rings is 1. The van der Waals surface area contributed by atoms with Crippen LogP contribution >= 0.6 is 11.3 Å². The Bertz CT molecular complexity index is 830. The SMILES string of the molecule is O=C(NC[C@@H]([C@H]1CCOC1)N1CCCC1)Nc1cccc(NC(=O)c2cccs2)c1. The summed E-state index contributed by atoms with van der Waals surface area (Å²) in [5.41, 5.74) is 1.28. The number of hydrogen-bond donors (Lipinski definition) is 3. The average Bonchev–Trinajstić information content (AvgIpc) is 3.51. The van der Waals surface area contributed by atoms with Crippen LogP contribution in [0.3, 0.4) is 0 Å². The van der Waals surface area contributed by atoms with E-state index < -0.39 is 0 Å². The van der Waals surface area contributed by atoms with E-state index in [1.807, 2.05) is 23.6 Å². The quantitative estimate of drug-likeness (QED) is 0.629. The van der Waals surface area contributed by atoms with Crippen LogP contribution < -0.4 is 16.0 Å². The number of nitrogens with one attached hydrogen (secondary N) is 3. The van der Waals surface area contributed by atoms with Crippen LogP contribution in [0.25, 0.3) is 0 Å². The van der Waals surface area contributed by atoms with Gasteiger partial charge in [0.1, 0.15) is 0 Å². The molecule has 0 unspecified atom stereocenters. The number of urea groups is 1. The molecule has 0 spiro atoms. The van der Waals surface area contributed by atoms with Crippen LogP contribution in [-0.2, 0) is 4.74 Å². The Morgan fingerprint density at radius 1 is 1.13 bits per heavy atom. The molecule has 2 aliphatic rings. The predicted molar refractivity (Wildman–Crippen MR) is 119 cm³/mol. The summed E-state index contributed by atoms with van der Waals surface area (Å²) in [6, 6.07) is 10.9. The zero-order chi connectivity index (χ0) is 20.8. The first-order valence-electron chi connectivity index (χ1n) is 10.5. The van der Waals surface area contributed by atoms with Gasteiger partial charge in [0.05, 0.1) is 11.5 Å². The summed E-state index contributed by atoms with van der Waals surface area (Å²) in [4.78, 5) is 27.9. The molecule has 2 atom stereocenters. The number of amides is 3. The smallest absolute Gasteiger partial charge is 0.319 e. The molecule has 2 saturated heterocycles. The maximum absolute atomic E-state index is 12.5. The lowest BCUT2D eigenvalue weighted by Crippen LogP contribution is -2.48. The van der Waals surface area contributed by atoms with Crippen LogP contribution in [0, 0.1) is 5.92 Å². The highest BCUT2D eigenvalue weighted by atomic mass is 32.1. The van der Waals surface area contributed by atoms with Crippen molar-refractivity contribution in [3.05, 3.63) is 46.7 Å². The molecule has 30 heavy (non-hydrogen) atoms. The molecule has 2 fully saturated rings. The average molecular weight is 429 g/mol. The van der Waals surface area contributed by atoms with Gasteiger partial charge in [0.25, 0.3) is 5.91 Å². The van der Waals surface area contributed by atoms with Gasteiger partial charge in [-0.1, -0.05) is 12.1 Å². The third-order valence-electron chi connectivity index (χ3n) is 5.71. The molecule has 7 nitrogen and oxygen atoms in total. The minimum Gasteiger partial charge on any atom is -0.381 e. The van der Waals surface area contributed by atoms with Crippen molar-refractivity contribution in [3.8, 4) is 0 Å². The standard InChI is InChI=1S/C22H28N4O3S/c27-21(20-7-4-12-30-20)24-17-5-3-6-18(13-17)25-22(28)23-14-19(16-8-11-29-15-16)26-9-1-2-10-26/h3-7,12-13,16,19H,1-2,8-11,14-15H2,(H,24,27)(H2,23,25,28)/t16-,19-/m0/s1. The molecule has 3 heterocycles. The predicted octanol–water partition coefficient (Wildman–Crippen LogP) is 3.62. The second-order valence-electron chi connectivity index (χ2n) is 7.78. The number of anilines is 2. The maximum atomic E-state index is 12.5. The number of benzene rings is 1. The van der Waals surface area contributed by atoms with Crippen LogP contribution in [0.1, 0.15) is 28.9 Å². The van der Waals surface area contributed by atoms with Gasteiger partial charge in [-0.05, 0) is 62.0 Å². The molecule has 3 amide bonds.